The van der Waals surface area contributed by atoms with Crippen molar-refractivity contribution in [3.63, 3.8) is 0 Å². The highest BCUT2D eigenvalue weighted by Crippen LogP contribution is 2.57. The molecule has 1 saturated carbocycles. The van der Waals surface area contributed by atoms with Gasteiger partial charge in [-0.15, -0.1) is 0 Å². The van der Waals surface area contributed by atoms with Crippen molar-refractivity contribution in [2.75, 3.05) is 14.2 Å². The van der Waals surface area contributed by atoms with Crippen LogP contribution in [0, 0.1) is 61.3 Å². The number of hydrogen-bond donors (Lipinski definition) is 0. The minimum absolute atomic E-state index is 0.547. The van der Waals surface area contributed by atoms with Crippen molar-refractivity contribution in [3.05, 3.63) is 105 Å². The normalized spacial score (nSPS) is 17.3. The van der Waals surface area contributed by atoms with Crippen molar-refractivity contribution < 1.29 is 9.47 Å². The second-order valence-corrected chi connectivity index (χ2v) is 18.6. The molecule has 1 fully saturated rings. The Hall–Kier alpha value is -2.66. The number of rotatable bonds is 9. The smallest absolute Gasteiger partial charge is 0.124 e. The third kappa shape index (κ3) is 7.04. The summed E-state index contributed by atoms with van der Waals surface area (Å²) in [5, 5.41) is 6.02. The topological polar surface area (TPSA) is 18.5 Å². The molecule has 0 bridgehead atoms. The lowest BCUT2D eigenvalue weighted by molar-refractivity contribution is 0.408. The lowest BCUT2D eigenvalue weighted by atomic mass is 10.0. The minimum atomic E-state index is -0.612. The van der Waals surface area contributed by atoms with Crippen LogP contribution in [0.3, 0.4) is 0 Å². The fourth-order valence-corrected chi connectivity index (χ4v) is 15.3. The van der Waals surface area contributed by atoms with Gasteiger partial charge >= 0.3 is 0 Å². The summed E-state index contributed by atoms with van der Waals surface area (Å²) in [7, 11) is 2.43. The van der Waals surface area contributed by atoms with Gasteiger partial charge in [0.25, 0.3) is 0 Å². The van der Waals surface area contributed by atoms with Crippen LogP contribution >= 0.6 is 15.8 Å². The van der Waals surface area contributed by atoms with Gasteiger partial charge in [-0.1, -0.05) is 72.0 Å². The maximum Gasteiger partial charge on any atom is 0.124 e. The van der Waals surface area contributed by atoms with Crippen LogP contribution in [0.1, 0.15) is 70.7 Å². The van der Waals surface area contributed by atoms with E-state index in [1.807, 2.05) is 0 Å². The summed E-state index contributed by atoms with van der Waals surface area (Å²) in [5.41, 5.74) is 11.6. The molecule has 0 N–H and O–H groups in total. The zero-order valence-electron chi connectivity index (χ0n) is 29.3. The van der Waals surface area contributed by atoms with Gasteiger partial charge in [-0.3, -0.25) is 0 Å². The molecule has 0 saturated heterocycles. The second kappa shape index (κ2) is 14.0. The average Bonchev–Trinajstić information content (AvgIpc) is 3.41. The number of hydrogen-bond acceptors (Lipinski definition) is 2. The third-order valence-electron chi connectivity index (χ3n) is 9.71. The Morgan fingerprint density at radius 1 is 0.533 bits per heavy atom. The van der Waals surface area contributed by atoms with E-state index in [4.69, 9.17) is 9.47 Å². The fourth-order valence-electron chi connectivity index (χ4n) is 8.15. The van der Waals surface area contributed by atoms with Crippen molar-refractivity contribution in [2.45, 2.75) is 92.9 Å². The molecule has 4 aromatic carbocycles. The van der Waals surface area contributed by atoms with Gasteiger partial charge in [0.15, 0.2) is 0 Å². The molecule has 0 heterocycles. The van der Waals surface area contributed by atoms with Crippen LogP contribution in [0.2, 0.25) is 0 Å². The van der Waals surface area contributed by atoms with E-state index in [1.165, 1.54) is 85.0 Å². The SMILES string of the molecule is COc1c(C)cc(P(c2cc(C)c(OC)c(C)c2)[C@H]2CCCC2[C@@H](C)P(c2cc(C)cc(C)c2)c2cc(C)cc(C)c2)cc1C. The predicted molar refractivity (Wildman–Crippen MR) is 200 cm³/mol. The molecule has 0 aromatic heterocycles. The van der Waals surface area contributed by atoms with Crippen LogP contribution in [-0.2, 0) is 0 Å². The van der Waals surface area contributed by atoms with E-state index in [2.05, 4.69) is 123 Å². The van der Waals surface area contributed by atoms with Crippen LogP contribution in [0.4, 0.5) is 0 Å². The molecule has 1 aliphatic carbocycles. The van der Waals surface area contributed by atoms with Gasteiger partial charge in [0, 0.05) is 0 Å². The monoisotopic (exact) mass is 638 g/mol. The summed E-state index contributed by atoms with van der Waals surface area (Å²) in [4.78, 5) is 0. The number of methoxy groups -OCH3 is 2. The summed E-state index contributed by atoms with van der Waals surface area (Å²) in [6.07, 6.45) is 3.86. The zero-order valence-corrected chi connectivity index (χ0v) is 31.1. The molecule has 2 nitrogen and oxygen atoms in total. The minimum Gasteiger partial charge on any atom is -0.496 e. The first-order valence-electron chi connectivity index (χ1n) is 16.5. The van der Waals surface area contributed by atoms with Crippen LogP contribution in [0.5, 0.6) is 11.5 Å². The van der Waals surface area contributed by atoms with Crippen molar-refractivity contribution in [3.8, 4) is 11.5 Å². The second-order valence-electron chi connectivity index (χ2n) is 13.6. The molecular weight excluding hydrogens is 586 g/mol. The maximum absolute atomic E-state index is 5.83. The van der Waals surface area contributed by atoms with E-state index in [0.29, 0.717) is 17.2 Å². The highest BCUT2D eigenvalue weighted by molar-refractivity contribution is 7.74. The third-order valence-corrected chi connectivity index (χ3v) is 15.5. The highest BCUT2D eigenvalue weighted by Gasteiger charge is 2.41. The molecule has 238 valence electrons. The largest absolute Gasteiger partial charge is 0.496 e. The van der Waals surface area contributed by atoms with Crippen molar-refractivity contribution >= 4 is 37.1 Å². The molecule has 0 aliphatic heterocycles. The average molecular weight is 639 g/mol. The molecule has 5 rings (SSSR count). The van der Waals surface area contributed by atoms with Gasteiger partial charge in [0.2, 0.25) is 0 Å². The molecule has 0 radical (unpaired) electrons. The van der Waals surface area contributed by atoms with Crippen molar-refractivity contribution in [2.24, 2.45) is 5.92 Å². The molecule has 1 unspecified atom stereocenters. The Morgan fingerprint density at radius 3 is 1.27 bits per heavy atom. The molecule has 0 spiro atoms. The molecule has 1 aliphatic rings. The predicted octanol–water partition coefficient (Wildman–Crippen LogP) is 9.29. The standard InChI is InChI=1S/C41H52O2P2/c1-25-15-26(2)18-34(17-25)44(35-19-27(3)16-28(4)20-35)33(9)38-13-12-14-39(38)45(36-21-29(5)40(42-10)30(6)22-36)37-23-31(7)41(43-11)32(8)24-37/h15-24,33,38-39H,12-14H2,1-11H3/t33-,38?,39+/m1/s1. The Balaban J connectivity index is 1.68. The van der Waals surface area contributed by atoms with Crippen LogP contribution in [-0.4, -0.2) is 25.5 Å². The van der Waals surface area contributed by atoms with Gasteiger partial charge in [-0.05, 0) is 169 Å². The van der Waals surface area contributed by atoms with Gasteiger partial charge in [0.05, 0.1) is 14.2 Å². The zero-order chi connectivity index (χ0) is 32.6. The van der Waals surface area contributed by atoms with Gasteiger partial charge in [-0.2, -0.15) is 0 Å². The van der Waals surface area contributed by atoms with Crippen molar-refractivity contribution in [1.29, 1.82) is 0 Å². The Bertz CT molecular complexity index is 1490. The van der Waals surface area contributed by atoms with Crippen LogP contribution in [0.25, 0.3) is 0 Å². The van der Waals surface area contributed by atoms with E-state index in [1.54, 1.807) is 14.2 Å². The van der Waals surface area contributed by atoms with Gasteiger partial charge < -0.3 is 9.47 Å². The first-order valence-corrected chi connectivity index (χ1v) is 19.3. The lowest BCUT2D eigenvalue weighted by Crippen LogP contribution is -2.33. The summed E-state index contributed by atoms with van der Waals surface area (Å²) in [5.74, 6) is 2.66. The van der Waals surface area contributed by atoms with Crippen molar-refractivity contribution in [1.82, 2.24) is 0 Å². The Morgan fingerprint density at radius 2 is 0.911 bits per heavy atom. The van der Waals surface area contributed by atoms with Crippen LogP contribution < -0.4 is 30.7 Å². The lowest BCUT2D eigenvalue weighted by Gasteiger charge is -2.38. The number of ether oxygens (including phenoxy) is 2. The van der Waals surface area contributed by atoms with E-state index >= 15 is 0 Å². The molecule has 0 amide bonds. The summed E-state index contributed by atoms with van der Waals surface area (Å²) >= 11 is 0. The fraction of sp³-hybridized carbons (Fsp3) is 0.415. The highest BCUT2D eigenvalue weighted by atomic mass is 31.1. The number of aryl methyl sites for hydroxylation is 8. The summed E-state index contributed by atoms with van der Waals surface area (Å²) in [6.45, 7) is 20.5. The summed E-state index contributed by atoms with van der Waals surface area (Å²) in [6, 6.07) is 24.3. The van der Waals surface area contributed by atoms with Gasteiger partial charge in [0.1, 0.15) is 11.5 Å². The Kier molecular flexibility index (Phi) is 10.5. The summed E-state index contributed by atoms with van der Waals surface area (Å²) < 4.78 is 11.7. The first kappa shape index (κ1) is 33.7. The van der Waals surface area contributed by atoms with Gasteiger partial charge in [-0.25, -0.2) is 0 Å². The molecular formula is C41H52O2P2. The van der Waals surface area contributed by atoms with Crippen LogP contribution in [0.15, 0.2) is 60.7 Å². The number of benzene rings is 4. The maximum atomic E-state index is 5.83. The van der Waals surface area contributed by atoms with E-state index in [9.17, 15) is 0 Å². The Labute approximate surface area is 275 Å². The first-order chi connectivity index (χ1) is 21.4. The molecule has 45 heavy (non-hydrogen) atoms. The molecule has 4 aromatic rings. The van der Waals surface area contributed by atoms with E-state index in [-0.39, 0.29) is 0 Å². The quantitative estimate of drug-likeness (QED) is 0.170. The molecule has 3 atom stereocenters. The van der Waals surface area contributed by atoms with E-state index in [0.717, 1.165) is 11.5 Å². The molecule has 4 heteroatoms. The van der Waals surface area contributed by atoms with E-state index < -0.39 is 15.8 Å².